The van der Waals surface area contributed by atoms with Gasteiger partial charge in [-0.25, -0.2) is 4.79 Å². The van der Waals surface area contributed by atoms with Crippen LogP contribution in [0.1, 0.15) is 29.8 Å². The SMILES string of the molecule is CCOc1ccc(C(=O)O[C@@H](C)C(=O)Nc2ccc(C)cc2)cc1. The lowest BCUT2D eigenvalue weighted by Gasteiger charge is -2.14. The first-order valence-corrected chi connectivity index (χ1v) is 7.81. The molecule has 0 aliphatic rings. The third-order valence-corrected chi connectivity index (χ3v) is 3.37. The summed E-state index contributed by atoms with van der Waals surface area (Å²) in [4.78, 5) is 24.2. The smallest absolute Gasteiger partial charge is 0.338 e. The molecule has 126 valence electrons. The molecule has 0 aliphatic heterocycles. The number of esters is 1. The molecule has 2 aromatic carbocycles. The predicted molar refractivity (Wildman–Crippen MR) is 92.3 cm³/mol. The second-order valence-corrected chi connectivity index (χ2v) is 5.36. The molecule has 1 amide bonds. The number of benzene rings is 2. The molecule has 5 nitrogen and oxygen atoms in total. The first-order chi connectivity index (χ1) is 11.5. The summed E-state index contributed by atoms with van der Waals surface area (Å²) in [6, 6.07) is 14.0. The van der Waals surface area contributed by atoms with Crippen molar-refractivity contribution in [3.63, 3.8) is 0 Å². The fourth-order valence-electron chi connectivity index (χ4n) is 2.02. The van der Waals surface area contributed by atoms with E-state index in [4.69, 9.17) is 9.47 Å². The quantitative estimate of drug-likeness (QED) is 0.824. The van der Waals surface area contributed by atoms with Crippen LogP contribution in [0.5, 0.6) is 5.75 Å². The lowest BCUT2D eigenvalue weighted by atomic mass is 10.2. The van der Waals surface area contributed by atoms with Gasteiger partial charge in [0.15, 0.2) is 6.10 Å². The van der Waals surface area contributed by atoms with Crippen molar-refractivity contribution in [3.8, 4) is 5.75 Å². The number of hydrogen-bond donors (Lipinski definition) is 1. The Bertz CT molecular complexity index is 692. The second-order valence-electron chi connectivity index (χ2n) is 5.36. The maximum atomic E-state index is 12.1. The number of carbonyl (C=O) groups excluding carboxylic acids is 2. The normalized spacial score (nSPS) is 11.5. The number of amides is 1. The molecule has 5 heteroatoms. The predicted octanol–water partition coefficient (Wildman–Crippen LogP) is 3.58. The molecule has 0 fully saturated rings. The van der Waals surface area contributed by atoms with E-state index in [9.17, 15) is 9.59 Å². The molecule has 0 aliphatic carbocycles. The summed E-state index contributed by atoms with van der Waals surface area (Å²) in [5.41, 5.74) is 2.13. The molecule has 0 unspecified atom stereocenters. The van der Waals surface area contributed by atoms with Gasteiger partial charge in [0.2, 0.25) is 0 Å². The van der Waals surface area contributed by atoms with Crippen LogP contribution in [-0.2, 0) is 9.53 Å². The number of hydrogen-bond acceptors (Lipinski definition) is 4. The van der Waals surface area contributed by atoms with Gasteiger partial charge in [-0.3, -0.25) is 4.79 Å². The van der Waals surface area contributed by atoms with Crippen molar-refractivity contribution in [2.75, 3.05) is 11.9 Å². The second kappa shape index (κ2) is 8.15. The summed E-state index contributed by atoms with van der Waals surface area (Å²) in [5.74, 6) is -0.248. The van der Waals surface area contributed by atoms with Crippen LogP contribution in [0.3, 0.4) is 0 Å². The summed E-state index contributed by atoms with van der Waals surface area (Å²) >= 11 is 0. The van der Waals surface area contributed by atoms with Gasteiger partial charge in [-0.15, -0.1) is 0 Å². The van der Waals surface area contributed by atoms with Gasteiger partial charge in [0.05, 0.1) is 12.2 Å². The first-order valence-electron chi connectivity index (χ1n) is 7.81. The highest BCUT2D eigenvalue weighted by Crippen LogP contribution is 2.14. The first kappa shape index (κ1) is 17.5. The Morgan fingerprint density at radius 1 is 1.04 bits per heavy atom. The highest BCUT2D eigenvalue weighted by molar-refractivity contribution is 5.97. The maximum Gasteiger partial charge on any atom is 0.338 e. The molecule has 0 bridgehead atoms. The number of rotatable bonds is 6. The topological polar surface area (TPSA) is 64.6 Å². The van der Waals surface area contributed by atoms with E-state index in [1.54, 1.807) is 36.4 Å². The van der Waals surface area contributed by atoms with Gasteiger partial charge in [-0.05, 0) is 57.2 Å². The Hall–Kier alpha value is -2.82. The Balaban J connectivity index is 1.92. The fraction of sp³-hybridized carbons (Fsp3) is 0.263. The summed E-state index contributed by atoms with van der Waals surface area (Å²) in [5, 5.41) is 2.72. The molecule has 0 heterocycles. The average molecular weight is 327 g/mol. The van der Waals surface area contributed by atoms with E-state index in [0.29, 0.717) is 23.6 Å². The van der Waals surface area contributed by atoms with Crippen molar-refractivity contribution < 1.29 is 19.1 Å². The van der Waals surface area contributed by atoms with E-state index in [2.05, 4.69) is 5.32 Å². The molecular formula is C19H21NO4. The van der Waals surface area contributed by atoms with Crippen molar-refractivity contribution in [1.82, 2.24) is 0 Å². The largest absolute Gasteiger partial charge is 0.494 e. The third kappa shape index (κ3) is 4.84. The van der Waals surface area contributed by atoms with Crippen LogP contribution in [0.25, 0.3) is 0 Å². The minimum absolute atomic E-state index is 0.369. The summed E-state index contributed by atoms with van der Waals surface area (Å²) in [6.45, 7) is 5.94. The monoisotopic (exact) mass is 327 g/mol. The highest BCUT2D eigenvalue weighted by Gasteiger charge is 2.19. The zero-order chi connectivity index (χ0) is 17.5. The maximum absolute atomic E-state index is 12.1. The van der Waals surface area contributed by atoms with Gasteiger partial charge >= 0.3 is 5.97 Å². The zero-order valence-electron chi connectivity index (χ0n) is 14.0. The van der Waals surface area contributed by atoms with Crippen molar-refractivity contribution in [2.24, 2.45) is 0 Å². The van der Waals surface area contributed by atoms with Crippen molar-refractivity contribution in [3.05, 3.63) is 59.7 Å². The van der Waals surface area contributed by atoms with Crippen LogP contribution in [0.2, 0.25) is 0 Å². The summed E-state index contributed by atoms with van der Waals surface area (Å²) in [6.07, 6.45) is -0.898. The van der Waals surface area contributed by atoms with E-state index in [0.717, 1.165) is 5.56 Å². The molecule has 2 rings (SSSR count). The number of anilines is 1. The van der Waals surface area contributed by atoms with Crippen LogP contribution in [0.4, 0.5) is 5.69 Å². The third-order valence-electron chi connectivity index (χ3n) is 3.37. The molecular weight excluding hydrogens is 306 g/mol. The van der Waals surface area contributed by atoms with E-state index in [1.807, 2.05) is 26.0 Å². The zero-order valence-corrected chi connectivity index (χ0v) is 14.0. The summed E-state index contributed by atoms with van der Waals surface area (Å²) in [7, 11) is 0. The van der Waals surface area contributed by atoms with Crippen molar-refractivity contribution >= 4 is 17.6 Å². The molecule has 24 heavy (non-hydrogen) atoms. The fourth-order valence-corrected chi connectivity index (χ4v) is 2.02. The van der Waals surface area contributed by atoms with Crippen molar-refractivity contribution in [2.45, 2.75) is 26.9 Å². The summed E-state index contributed by atoms with van der Waals surface area (Å²) < 4.78 is 10.5. The van der Waals surface area contributed by atoms with E-state index >= 15 is 0 Å². The van der Waals surface area contributed by atoms with Gasteiger partial charge < -0.3 is 14.8 Å². The van der Waals surface area contributed by atoms with Crippen LogP contribution < -0.4 is 10.1 Å². The van der Waals surface area contributed by atoms with Crippen LogP contribution >= 0.6 is 0 Å². The number of nitrogens with one attached hydrogen (secondary N) is 1. The van der Waals surface area contributed by atoms with Gasteiger partial charge in [0.25, 0.3) is 5.91 Å². The minimum atomic E-state index is -0.898. The van der Waals surface area contributed by atoms with E-state index in [1.165, 1.54) is 6.92 Å². The van der Waals surface area contributed by atoms with E-state index in [-0.39, 0.29) is 5.91 Å². The van der Waals surface area contributed by atoms with Crippen LogP contribution in [0, 0.1) is 6.92 Å². The molecule has 0 saturated carbocycles. The number of carbonyl (C=O) groups is 2. The van der Waals surface area contributed by atoms with Gasteiger partial charge in [-0.2, -0.15) is 0 Å². The van der Waals surface area contributed by atoms with Crippen molar-refractivity contribution in [1.29, 1.82) is 0 Å². The number of ether oxygens (including phenoxy) is 2. The van der Waals surface area contributed by atoms with E-state index < -0.39 is 12.1 Å². The Morgan fingerprint density at radius 3 is 2.25 bits per heavy atom. The number of aryl methyl sites for hydroxylation is 1. The molecule has 2 aromatic rings. The highest BCUT2D eigenvalue weighted by atomic mass is 16.5. The van der Waals surface area contributed by atoms with Gasteiger partial charge in [0.1, 0.15) is 5.75 Å². The molecule has 1 atom stereocenters. The Kier molecular flexibility index (Phi) is 5.95. The standard InChI is InChI=1S/C19H21NO4/c1-4-23-17-11-7-15(8-12-17)19(22)24-14(3)18(21)20-16-9-5-13(2)6-10-16/h5-12,14H,4H2,1-3H3,(H,20,21)/t14-/m0/s1. The molecule has 0 aromatic heterocycles. The van der Waals surface area contributed by atoms with Gasteiger partial charge in [0, 0.05) is 5.69 Å². The molecule has 1 N–H and O–H groups in total. The molecule has 0 saturated heterocycles. The Labute approximate surface area is 141 Å². The molecule has 0 spiro atoms. The average Bonchev–Trinajstić information content (AvgIpc) is 2.57. The lowest BCUT2D eigenvalue weighted by Crippen LogP contribution is -2.30. The minimum Gasteiger partial charge on any atom is -0.494 e. The Morgan fingerprint density at radius 2 is 1.67 bits per heavy atom. The van der Waals surface area contributed by atoms with Crippen LogP contribution in [-0.4, -0.2) is 24.6 Å². The molecule has 0 radical (unpaired) electrons. The van der Waals surface area contributed by atoms with Gasteiger partial charge in [-0.1, -0.05) is 17.7 Å². The van der Waals surface area contributed by atoms with Crippen LogP contribution in [0.15, 0.2) is 48.5 Å². The lowest BCUT2D eigenvalue weighted by molar-refractivity contribution is -0.123.